The number of alkyl halides is 3. The normalized spacial score (nSPS) is 14.9. The molecule has 0 heterocycles. The predicted molar refractivity (Wildman–Crippen MR) is 78.1 cm³/mol. The highest BCUT2D eigenvalue weighted by Gasteiger charge is 2.48. The molecule has 0 aromatic heterocycles. The highest BCUT2D eigenvalue weighted by Crippen LogP contribution is 2.30. The summed E-state index contributed by atoms with van der Waals surface area (Å²) in [4.78, 5) is 11.3. The van der Waals surface area contributed by atoms with Crippen LogP contribution in [0.1, 0.15) is 31.7 Å². The Labute approximate surface area is 137 Å². The van der Waals surface area contributed by atoms with Crippen LogP contribution >= 0.6 is 0 Å². The average molecular weight is 370 g/mol. The summed E-state index contributed by atoms with van der Waals surface area (Å²) in [5.41, 5.74) is -5.05. The molecule has 24 heavy (non-hydrogen) atoms. The molecule has 1 unspecified atom stereocenters. The van der Waals surface area contributed by atoms with Crippen LogP contribution in [0.3, 0.4) is 0 Å². The Morgan fingerprint density at radius 2 is 1.75 bits per heavy atom. The minimum absolute atomic E-state index is 0.179. The molecule has 0 saturated carbocycles. The van der Waals surface area contributed by atoms with Crippen LogP contribution in [-0.4, -0.2) is 37.7 Å². The quantitative estimate of drug-likeness (QED) is 0.559. The van der Waals surface area contributed by atoms with E-state index in [0.29, 0.717) is 12.0 Å². The maximum Gasteiger partial charge on any atom is 0.534 e. The molecule has 0 aliphatic rings. The lowest BCUT2D eigenvalue weighted by Gasteiger charge is -2.23. The summed E-state index contributed by atoms with van der Waals surface area (Å²) in [6.07, 6.45) is -0.719. The summed E-state index contributed by atoms with van der Waals surface area (Å²) < 4.78 is 67.8. The molecule has 0 saturated heterocycles. The van der Waals surface area contributed by atoms with Gasteiger partial charge in [-0.3, -0.25) is 0 Å². The smallest absolute Gasteiger partial charge is 0.479 e. The van der Waals surface area contributed by atoms with Crippen molar-refractivity contribution in [1.82, 2.24) is 0 Å². The van der Waals surface area contributed by atoms with Gasteiger partial charge < -0.3 is 14.0 Å². The number of hydrogen-bond donors (Lipinski definition) is 1. The number of halogens is 3. The first-order chi connectivity index (χ1) is 11.0. The third-order valence-electron chi connectivity index (χ3n) is 3.19. The number of hydrogen-bond acceptors (Lipinski definition) is 5. The third-order valence-corrected chi connectivity index (χ3v) is 4.17. The standard InChI is InChI=1S/C14H17F3O6S/c1-3-11(12(13(18)19)22-4-2)9-5-7-10(8-6-9)23-24(20,21)14(15,16)17/h5-8,11-12H,3-4H2,1-2H3,(H,18,19)/t11?,12-/m0/s1. The van der Waals surface area contributed by atoms with Crippen LogP contribution in [-0.2, 0) is 19.6 Å². The fourth-order valence-corrected chi connectivity index (χ4v) is 2.57. The van der Waals surface area contributed by atoms with Gasteiger partial charge in [-0.15, -0.1) is 0 Å². The van der Waals surface area contributed by atoms with E-state index in [0.717, 1.165) is 12.1 Å². The maximum atomic E-state index is 12.3. The molecule has 0 aliphatic carbocycles. The zero-order valence-electron chi connectivity index (χ0n) is 12.9. The van der Waals surface area contributed by atoms with Gasteiger partial charge in [0.2, 0.25) is 0 Å². The second kappa shape index (κ2) is 7.84. The van der Waals surface area contributed by atoms with Gasteiger partial charge in [0.1, 0.15) is 5.75 Å². The lowest BCUT2D eigenvalue weighted by Crippen LogP contribution is -2.31. The lowest BCUT2D eigenvalue weighted by atomic mass is 9.91. The third kappa shape index (κ3) is 4.84. The molecule has 6 nitrogen and oxygen atoms in total. The molecule has 1 aromatic rings. The maximum absolute atomic E-state index is 12.3. The fraction of sp³-hybridized carbons (Fsp3) is 0.500. The largest absolute Gasteiger partial charge is 0.534 e. The molecular formula is C14H17F3O6S. The Morgan fingerprint density at radius 3 is 2.12 bits per heavy atom. The second-order valence-electron chi connectivity index (χ2n) is 4.78. The topological polar surface area (TPSA) is 89.9 Å². The zero-order valence-corrected chi connectivity index (χ0v) is 13.7. The van der Waals surface area contributed by atoms with Crippen molar-refractivity contribution in [3.05, 3.63) is 29.8 Å². The van der Waals surface area contributed by atoms with E-state index in [-0.39, 0.29) is 6.61 Å². The Balaban J connectivity index is 3.02. The Kier molecular flexibility index (Phi) is 6.61. The number of benzene rings is 1. The van der Waals surface area contributed by atoms with E-state index < -0.39 is 39.4 Å². The summed E-state index contributed by atoms with van der Waals surface area (Å²) in [5.74, 6) is -2.23. The second-order valence-corrected chi connectivity index (χ2v) is 6.32. The molecular weight excluding hydrogens is 353 g/mol. The van der Waals surface area contributed by atoms with Gasteiger partial charge in [-0.25, -0.2) is 4.79 Å². The molecule has 1 N–H and O–H groups in total. The molecule has 0 spiro atoms. The summed E-state index contributed by atoms with van der Waals surface area (Å²) in [7, 11) is -5.75. The highest BCUT2D eigenvalue weighted by molar-refractivity contribution is 7.87. The first-order valence-corrected chi connectivity index (χ1v) is 8.39. The number of ether oxygens (including phenoxy) is 1. The molecule has 1 aromatic carbocycles. The van der Waals surface area contributed by atoms with Crippen molar-refractivity contribution in [3.8, 4) is 5.75 Å². The van der Waals surface area contributed by atoms with Gasteiger partial charge in [0.05, 0.1) is 0 Å². The highest BCUT2D eigenvalue weighted by atomic mass is 32.2. The first-order valence-electron chi connectivity index (χ1n) is 6.98. The van der Waals surface area contributed by atoms with Crippen LogP contribution in [0.5, 0.6) is 5.75 Å². The van der Waals surface area contributed by atoms with Gasteiger partial charge in [-0.05, 0) is 31.0 Å². The van der Waals surface area contributed by atoms with Crippen LogP contribution in [0, 0.1) is 0 Å². The summed E-state index contributed by atoms with van der Waals surface area (Å²) in [6, 6.07) is 4.69. The minimum atomic E-state index is -5.75. The molecule has 10 heteroatoms. The number of rotatable bonds is 8. The van der Waals surface area contributed by atoms with Gasteiger partial charge in [0, 0.05) is 12.5 Å². The van der Waals surface area contributed by atoms with Crippen LogP contribution < -0.4 is 4.18 Å². The van der Waals surface area contributed by atoms with Crippen LogP contribution in [0.2, 0.25) is 0 Å². The van der Waals surface area contributed by atoms with E-state index >= 15 is 0 Å². The van der Waals surface area contributed by atoms with Gasteiger partial charge in [0.15, 0.2) is 6.10 Å². The van der Waals surface area contributed by atoms with E-state index in [1.165, 1.54) is 12.1 Å². The van der Waals surface area contributed by atoms with E-state index in [1.54, 1.807) is 13.8 Å². The average Bonchev–Trinajstić information content (AvgIpc) is 2.47. The number of carbonyl (C=O) groups is 1. The van der Waals surface area contributed by atoms with Crippen molar-refractivity contribution < 1.29 is 40.4 Å². The van der Waals surface area contributed by atoms with E-state index in [9.17, 15) is 31.5 Å². The van der Waals surface area contributed by atoms with Crippen LogP contribution in [0.25, 0.3) is 0 Å². The van der Waals surface area contributed by atoms with Crippen molar-refractivity contribution in [2.45, 2.75) is 37.8 Å². The van der Waals surface area contributed by atoms with Crippen molar-refractivity contribution in [1.29, 1.82) is 0 Å². The molecule has 0 fully saturated rings. The first kappa shape index (κ1) is 20.2. The van der Waals surface area contributed by atoms with Crippen LogP contribution in [0.15, 0.2) is 24.3 Å². The molecule has 136 valence electrons. The molecule has 0 bridgehead atoms. The molecule has 0 radical (unpaired) electrons. The monoisotopic (exact) mass is 370 g/mol. The number of aliphatic carboxylic acids is 1. The number of carboxylic acids is 1. The lowest BCUT2D eigenvalue weighted by molar-refractivity contribution is -0.151. The minimum Gasteiger partial charge on any atom is -0.479 e. The van der Waals surface area contributed by atoms with E-state index in [4.69, 9.17) is 4.74 Å². The van der Waals surface area contributed by atoms with E-state index in [1.807, 2.05) is 0 Å². The van der Waals surface area contributed by atoms with Gasteiger partial charge >= 0.3 is 21.6 Å². The summed E-state index contributed by atoms with van der Waals surface area (Å²) in [6.45, 7) is 3.55. The van der Waals surface area contributed by atoms with Gasteiger partial charge in [-0.2, -0.15) is 21.6 Å². The molecule has 0 aliphatic heterocycles. The van der Waals surface area contributed by atoms with Crippen molar-refractivity contribution in [2.24, 2.45) is 0 Å². The molecule has 0 amide bonds. The fourth-order valence-electron chi connectivity index (χ4n) is 2.11. The molecule has 1 rings (SSSR count). The van der Waals surface area contributed by atoms with E-state index in [2.05, 4.69) is 4.18 Å². The zero-order chi connectivity index (χ0) is 18.5. The van der Waals surface area contributed by atoms with Crippen molar-refractivity contribution in [2.75, 3.05) is 6.61 Å². The van der Waals surface area contributed by atoms with Crippen molar-refractivity contribution in [3.63, 3.8) is 0 Å². The predicted octanol–water partition coefficient (Wildman–Crippen LogP) is 2.90. The Hall–Kier alpha value is -1.81. The van der Waals surface area contributed by atoms with Crippen molar-refractivity contribution >= 4 is 16.1 Å². The van der Waals surface area contributed by atoms with Gasteiger partial charge in [0.25, 0.3) is 0 Å². The SMILES string of the molecule is CCO[C@H](C(=O)O)C(CC)c1ccc(OS(=O)(=O)C(F)(F)F)cc1. The van der Waals surface area contributed by atoms with Crippen LogP contribution in [0.4, 0.5) is 13.2 Å². The Bertz CT molecular complexity index is 654. The summed E-state index contributed by atoms with van der Waals surface area (Å²) >= 11 is 0. The van der Waals surface area contributed by atoms with Gasteiger partial charge in [-0.1, -0.05) is 19.1 Å². The summed E-state index contributed by atoms with van der Waals surface area (Å²) in [5, 5.41) is 9.21. The molecule has 2 atom stereocenters. The number of carboxylic acid groups (broad SMARTS) is 1. The Morgan fingerprint density at radius 1 is 1.21 bits per heavy atom.